The number of rotatable bonds is 5. The molecular formula is C16H15FN2O2. The van der Waals surface area contributed by atoms with Gasteiger partial charge < -0.3 is 11.1 Å². The summed E-state index contributed by atoms with van der Waals surface area (Å²) < 4.78 is 12.8. The van der Waals surface area contributed by atoms with Crippen LogP contribution < -0.4 is 11.1 Å². The number of nitrogens with two attached hydrogens (primary N) is 1. The third-order valence-electron chi connectivity index (χ3n) is 3.02. The van der Waals surface area contributed by atoms with Gasteiger partial charge >= 0.3 is 0 Å². The van der Waals surface area contributed by atoms with Crippen LogP contribution in [-0.2, 0) is 11.2 Å². The molecule has 0 heterocycles. The first kappa shape index (κ1) is 14.7. The van der Waals surface area contributed by atoms with Gasteiger partial charge in [0.15, 0.2) is 0 Å². The molecule has 0 atom stereocenters. The average Bonchev–Trinajstić information content (AvgIpc) is 2.47. The topological polar surface area (TPSA) is 72.2 Å². The number of carbonyl (C=O) groups is 2. The Bertz CT molecular complexity index is 654. The molecule has 0 aliphatic rings. The number of halogens is 1. The minimum absolute atomic E-state index is 0.229. The van der Waals surface area contributed by atoms with E-state index in [-0.39, 0.29) is 23.7 Å². The van der Waals surface area contributed by atoms with Gasteiger partial charge in [0.1, 0.15) is 5.82 Å². The van der Waals surface area contributed by atoms with Gasteiger partial charge in [0, 0.05) is 6.42 Å². The van der Waals surface area contributed by atoms with Crippen molar-refractivity contribution in [2.24, 2.45) is 5.73 Å². The van der Waals surface area contributed by atoms with Crippen molar-refractivity contribution < 1.29 is 14.0 Å². The monoisotopic (exact) mass is 286 g/mol. The van der Waals surface area contributed by atoms with Crippen LogP contribution in [0.4, 0.5) is 10.1 Å². The molecule has 4 nitrogen and oxygen atoms in total. The number of hydrogen-bond donors (Lipinski definition) is 2. The third kappa shape index (κ3) is 4.14. The molecule has 0 radical (unpaired) electrons. The van der Waals surface area contributed by atoms with Crippen molar-refractivity contribution in [1.82, 2.24) is 0 Å². The summed E-state index contributed by atoms with van der Waals surface area (Å²) in [6, 6.07) is 12.6. The van der Waals surface area contributed by atoms with Crippen LogP contribution in [0.25, 0.3) is 0 Å². The molecule has 0 saturated heterocycles. The summed E-state index contributed by atoms with van der Waals surface area (Å²) in [5.41, 5.74) is 6.78. The van der Waals surface area contributed by atoms with Gasteiger partial charge in [0.25, 0.3) is 5.91 Å². The molecule has 21 heavy (non-hydrogen) atoms. The second kappa shape index (κ2) is 6.65. The van der Waals surface area contributed by atoms with Gasteiger partial charge in [-0.05, 0) is 36.2 Å². The molecule has 0 aliphatic heterocycles. The summed E-state index contributed by atoms with van der Waals surface area (Å²) in [6.45, 7) is 0. The van der Waals surface area contributed by atoms with E-state index in [4.69, 9.17) is 5.73 Å². The quantitative estimate of drug-likeness (QED) is 0.886. The van der Waals surface area contributed by atoms with E-state index >= 15 is 0 Å². The minimum atomic E-state index is -0.593. The molecule has 3 N–H and O–H groups in total. The third-order valence-corrected chi connectivity index (χ3v) is 3.02. The molecule has 108 valence electrons. The largest absolute Gasteiger partial charge is 0.366 e. The standard InChI is InChI=1S/C16H15FN2O2/c17-12-8-5-11(6-9-12)7-10-15(20)19-14-4-2-1-3-13(14)16(18)21/h1-6,8-9H,7,10H2,(H2,18,21)(H,19,20). The molecule has 0 bridgehead atoms. The van der Waals surface area contributed by atoms with Gasteiger partial charge in [0.2, 0.25) is 5.91 Å². The Hall–Kier alpha value is -2.69. The van der Waals surface area contributed by atoms with Crippen LogP contribution in [0.5, 0.6) is 0 Å². The predicted octanol–water partition coefficient (Wildman–Crippen LogP) is 2.50. The minimum Gasteiger partial charge on any atom is -0.366 e. The molecule has 0 aliphatic carbocycles. The van der Waals surface area contributed by atoms with E-state index in [1.807, 2.05) is 0 Å². The maximum absolute atomic E-state index is 12.8. The number of anilines is 1. The zero-order valence-electron chi connectivity index (χ0n) is 11.3. The molecule has 5 heteroatoms. The lowest BCUT2D eigenvalue weighted by Gasteiger charge is -2.08. The van der Waals surface area contributed by atoms with Crippen molar-refractivity contribution in [2.45, 2.75) is 12.8 Å². The maximum Gasteiger partial charge on any atom is 0.250 e. The van der Waals surface area contributed by atoms with Crippen molar-refractivity contribution in [2.75, 3.05) is 5.32 Å². The van der Waals surface area contributed by atoms with Crippen molar-refractivity contribution in [1.29, 1.82) is 0 Å². The van der Waals surface area contributed by atoms with E-state index in [0.717, 1.165) is 5.56 Å². The number of para-hydroxylation sites is 1. The van der Waals surface area contributed by atoms with Crippen LogP contribution in [-0.4, -0.2) is 11.8 Å². The number of aryl methyl sites for hydroxylation is 1. The van der Waals surface area contributed by atoms with Crippen LogP contribution in [0.15, 0.2) is 48.5 Å². The number of amides is 2. The number of primary amides is 1. The second-order valence-electron chi connectivity index (χ2n) is 4.58. The predicted molar refractivity (Wildman–Crippen MR) is 78.3 cm³/mol. The van der Waals surface area contributed by atoms with Gasteiger partial charge in [-0.25, -0.2) is 4.39 Å². The lowest BCUT2D eigenvalue weighted by molar-refractivity contribution is -0.116. The Labute approximate surface area is 121 Å². The normalized spacial score (nSPS) is 10.1. The van der Waals surface area contributed by atoms with Crippen molar-refractivity contribution in [3.05, 3.63) is 65.5 Å². The zero-order chi connectivity index (χ0) is 15.2. The Morgan fingerprint density at radius 1 is 1.05 bits per heavy atom. The molecule has 2 aromatic rings. The molecule has 0 spiro atoms. The summed E-state index contributed by atoms with van der Waals surface area (Å²) in [7, 11) is 0. The number of hydrogen-bond acceptors (Lipinski definition) is 2. The van der Waals surface area contributed by atoms with Crippen LogP contribution in [0.1, 0.15) is 22.3 Å². The van der Waals surface area contributed by atoms with Gasteiger partial charge in [0.05, 0.1) is 11.3 Å². The maximum atomic E-state index is 12.8. The summed E-state index contributed by atoms with van der Waals surface area (Å²) in [6.07, 6.45) is 0.726. The molecule has 0 fully saturated rings. The molecule has 0 unspecified atom stereocenters. The highest BCUT2D eigenvalue weighted by Crippen LogP contribution is 2.15. The van der Waals surface area contributed by atoms with Gasteiger partial charge in [-0.1, -0.05) is 24.3 Å². The van der Waals surface area contributed by atoms with Crippen molar-refractivity contribution in [3.8, 4) is 0 Å². The number of benzene rings is 2. The molecule has 2 aromatic carbocycles. The zero-order valence-corrected chi connectivity index (χ0v) is 11.3. The highest BCUT2D eigenvalue weighted by molar-refractivity contribution is 6.02. The number of nitrogens with one attached hydrogen (secondary N) is 1. The second-order valence-corrected chi connectivity index (χ2v) is 4.58. The van der Waals surface area contributed by atoms with Gasteiger partial charge in [-0.3, -0.25) is 9.59 Å². The summed E-state index contributed by atoms with van der Waals surface area (Å²) in [5.74, 6) is -1.13. The smallest absolute Gasteiger partial charge is 0.250 e. The highest BCUT2D eigenvalue weighted by Gasteiger charge is 2.10. The van der Waals surface area contributed by atoms with Crippen LogP contribution in [0.2, 0.25) is 0 Å². The molecule has 2 rings (SSSR count). The van der Waals surface area contributed by atoms with E-state index in [2.05, 4.69) is 5.32 Å². The first-order chi connectivity index (χ1) is 10.1. The summed E-state index contributed by atoms with van der Waals surface area (Å²) in [5, 5.41) is 2.66. The Kier molecular flexibility index (Phi) is 4.66. The van der Waals surface area contributed by atoms with E-state index in [1.165, 1.54) is 12.1 Å². The van der Waals surface area contributed by atoms with E-state index < -0.39 is 5.91 Å². The first-order valence-electron chi connectivity index (χ1n) is 6.49. The van der Waals surface area contributed by atoms with Crippen molar-refractivity contribution in [3.63, 3.8) is 0 Å². The summed E-state index contributed by atoms with van der Waals surface area (Å²) >= 11 is 0. The fourth-order valence-electron chi connectivity index (χ4n) is 1.93. The molecule has 0 saturated carbocycles. The van der Waals surface area contributed by atoms with E-state index in [1.54, 1.807) is 36.4 Å². The van der Waals surface area contributed by atoms with Crippen molar-refractivity contribution >= 4 is 17.5 Å². The van der Waals surface area contributed by atoms with Crippen LogP contribution >= 0.6 is 0 Å². The Morgan fingerprint density at radius 3 is 2.38 bits per heavy atom. The molecular weight excluding hydrogens is 271 g/mol. The molecule has 0 aromatic heterocycles. The molecule has 2 amide bonds. The fourth-order valence-corrected chi connectivity index (χ4v) is 1.93. The van der Waals surface area contributed by atoms with E-state index in [9.17, 15) is 14.0 Å². The van der Waals surface area contributed by atoms with E-state index in [0.29, 0.717) is 12.1 Å². The summed E-state index contributed by atoms with van der Waals surface area (Å²) in [4.78, 5) is 23.1. The van der Waals surface area contributed by atoms with Gasteiger partial charge in [-0.15, -0.1) is 0 Å². The Balaban J connectivity index is 1.96. The Morgan fingerprint density at radius 2 is 1.71 bits per heavy atom. The van der Waals surface area contributed by atoms with Crippen LogP contribution in [0, 0.1) is 5.82 Å². The highest BCUT2D eigenvalue weighted by atomic mass is 19.1. The van der Waals surface area contributed by atoms with Crippen LogP contribution in [0.3, 0.4) is 0 Å². The first-order valence-corrected chi connectivity index (χ1v) is 6.49. The average molecular weight is 286 g/mol. The lowest BCUT2D eigenvalue weighted by atomic mass is 10.1. The SMILES string of the molecule is NC(=O)c1ccccc1NC(=O)CCc1ccc(F)cc1. The number of carbonyl (C=O) groups excluding carboxylic acids is 2. The van der Waals surface area contributed by atoms with Gasteiger partial charge in [-0.2, -0.15) is 0 Å². The lowest BCUT2D eigenvalue weighted by Crippen LogP contribution is -2.18. The fraction of sp³-hybridized carbons (Fsp3) is 0.125.